The van der Waals surface area contributed by atoms with Crippen LogP contribution in [0.3, 0.4) is 0 Å². The zero-order chi connectivity index (χ0) is 31.0. The van der Waals surface area contributed by atoms with Gasteiger partial charge in [-0.15, -0.1) is 12.4 Å². The van der Waals surface area contributed by atoms with E-state index in [1.54, 1.807) is 45.2 Å². The van der Waals surface area contributed by atoms with Crippen molar-refractivity contribution in [3.05, 3.63) is 88.0 Å². The molecule has 0 atom stereocenters. The summed E-state index contributed by atoms with van der Waals surface area (Å²) >= 11 is 0. The normalized spacial score (nSPS) is 16.1. The molecule has 44 heavy (non-hydrogen) atoms. The van der Waals surface area contributed by atoms with Gasteiger partial charge in [-0.2, -0.15) is 0 Å². The van der Waals surface area contributed by atoms with Crippen molar-refractivity contribution in [3.8, 4) is 11.5 Å². The number of hydrogen-bond donors (Lipinski definition) is 1. The van der Waals surface area contributed by atoms with Crippen molar-refractivity contribution >= 4 is 37.3 Å². The van der Waals surface area contributed by atoms with Crippen molar-refractivity contribution in [2.75, 3.05) is 25.6 Å². The summed E-state index contributed by atoms with van der Waals surface area (Å²) in [6.45, 7) is 12.6. The number of nitrogens with zero attached hydrogens (tertiary/aromatic N) is 1. The number of carbonyl (C=O) groups excluding carboxylic acids is 1. The number of ether oxygens (including phenoxy) is 2. The molecule has 1 amide bonds. The Hall–Kier alpha value is -3.16. The highest BCUT2D eigenvalue weighted by Crippen LogP contribution is 2.51. The molecule has 0 saturated carbocycles. The standard InChI is InChI=1S/C34H41N2O6P.ClH/c1-8-40-43(38,41-9-2)21-22-13-15-23(16-14-22)32(37)35-26-12-10-11-24(17-26)30-29-25(19-33(3,4)36-30)18-28(39-7)31-27(29)20-34(5,6)42-31;/h10-18H,8-9,19-21H2,1-7H3,(H,35,37);1H. The fraction of sp³-hybridized carbons (Fsp3) is 0.412. The number of carbonyl (C=O) groups is 1. The first kappa shape index (κ1) is 33.7. The Morgan fingerprint density at radius 3 is 2.32 bits per heavy atom. The largest absolute Gasteiger partial charge is 0.493 e. The van der Waals surface area contributed by atoms with E-state index in [-0.39, 0.29) is 35.6 Å². The van der Waals surface area contributed by atoms with Crippen LogP contribution in [0.5, 0.6) is 11.5 Å². The molecule has 0 fully saturated rings. The highest BCUT2D eigenvalue weighted by molar-refractivity contribution is 7.53. The van der Waals surface area contributed by atoms with E-state index in [9.17, 15) is 9.36 Å². The van der Waals surface area contributed by atoms with Gasteiger partial charge in [0.1, 0.15) is 5.60 Å². The summed E-state index contributed by atoms with van der Waals surface area (Å²) in [5.74, 6) is 1.29. The number of fused-ring (bicyclic) bond motifs is 3. The number of anilines is 1. The Labute approximate surface area is 266 Å². The van der Waals surface area contributed by atoms with E-state index >= 15 is 0 Å². The van der Waals surface area contributed by atoms with Gasteiger partial charge in [0.25, 0.3) is 5.91 Å². The lowest BCUT2D eigenvalue weighted by Crippen LogP contribution is -2.30. The van der Waals surface area contributed by atoms with Gasteiger partial charge < -0.3 is 23.8 Å². The molecule has 0 unspecified atom stereocenters. The summed E-state index contributed by atoms with van der Waals surface area (Å²) in [6.07, 6.45) is 1.68. The quantitative estimate of drug-likeness (QED) is 0.226. The molecule has 0 saturated heterocycles. The van der Waals surface area contributed by atoms with Crippen LogP contribution in [0.25, 0.3) is 0 Å². The maximum absolute atomic E-state index is 13.2. The number of methoxy groups -OCH3 is 1. The zero-order valence-electron chi connectivity index (χ0n) is 26.5. The number of rotatable bonds is 10. The maximum atomic E-state index is 13.2. The Balaban J connectivity index is 0.00000442. The van der Waals surface area contributed by atoms with Crippen LogP contribution >= 0.6 is 20.0 Å². The number of nitrogens with one attached hydrogen (secondary N) is 1. The number of hydrogen-bond acceptors (Lipinski definition) is 7. The topological polar surface area (TPSA) is 95.5 Å². The lowest BCUT2D eigenvalue weighted by molar-refractivity contribution is 0.102. The fourth-order valence-electron chi connectivity index (χ4n) is 5.88. The second-order valence-electron chi connectivity index (χ2n) is 12.2. The van der Waals surface area contributed by atoms with Crippen LogP contribution in [-0.2, 0) is 32.6 Å². The number of benzene rings is 3. The highest BCUT2D eigenvalue weighted by atomic mass is 35.5. The molecule has 0 aromatic heterocycles. The smallest absolute Gasteiger partial charge is 0.335 e. The van der Waals surface area contributed by atoms with E-state index in [0.29, 0.717) is 24.5 Å². The van der Waals surface area contributed by atoms with Gasteiger partial charge in [-0.25, -0.2) is 0 Å². The van der Waals surface area contributed by atoms with Gasteiger partial charge in [0, 0.05) is 34.4 Å². The Morgan fingerprint density at radius 1 is 1.00 bits per heavy atom. The van der Waals surface area contributed by atoms with Crippen molar-refractivity contribution in [1.82, 2.24) is 0 Å². The van der Waals surface area contributed by atoms with Gasteiger partial charge in [-0.05, 0) is 89.4 Å². The van der Waals surface area contributed by atoms with Crippen molar-refractivity contribution in [1.29, 1.82) is 0 Å². The van der Waals surface area contributed by atoms with Crippen molar-refractivity contribution < 1.29 is 27.9 Å². The summed E-state index contributed by atoms with van der Waals surface area (Å²) in [5, 5.41) is 3.03. The first-order chi connectivity index (χ1) is 20.4. The summed E-state index contributed by atoms with van der Waals surface area (Å²) in [5.41, 5.74) is 6.46. The lowest BCUT2D eigenvalue weighted by Gasteiger charge is -2.31. The van der Waals surface area contributed by atoms with Crippen LogP contribution in [0.2, 0.25) is 0 Å². The molecule has 2 aliphatic rings. The lowest BCUT2D eigenvalue weighted by atomic mass is 9.81. The number of aliphatic imine (C=N–C) groups is 1. The van der Waals surface area contributed by atoms with Gasteiger partial charge in [0.2, 0.25) is 0 Å². The van der Waals surface area contributed by atoms with Gasteiger partial charge >= 0.3 is 7.60 Å². The number of amides is 1. The first-order valence-corrected chi connectivity index (χ1v) is 16.5. The zero-order valence-corrected chi connectivity index (χ0v) is 28.2. The monoisotopic (exact) mass is 640 g/mol. The average molecular weight is 641 g/mol. The van der Waals surface area contributed by atoms with Crippen molar-refractivity contribution in [2.24, 2.45) is 4.99 Å². The molecule has 2 heterocycles. The molecule has 2 aliphatic heterocycles. The Bertz CT molecular complexity index is 1610. The van der Waals surface area contributed by atoms with Gasteiger partial charge in [-0.3, -0.25) is 14.4 Å². The second kappa shape index (κ2) is 13.1. The molecule has 5 rings (SSSR count). The van der Waals surface area contributed by atoms with E-state index in [2.05, 4.69) is 39.1 Å². The third-order valence-corrected chi connectivity index (χ3v) is 9.59. The van der Waals surface area contributed by atoms with Crippen LogP contribution in [0.4, 0.5) is 5.69 Å². The molecular weight excluding hydrogens is 599 g/mol. The third-order valence-electron chi connectivity index (χ3n) is 7.54. The van der Waals surface area contributed by atoms with Gasteiger partial charge in [0.05, 0.1) is 37.7 Å². The minimum Gasteiger partial charge on any atom is -0.493 e. The Morgan fingerprint density at radius 2 is 1.68 bits per heavy atom. The third kappa shape index (κ3) is 7.21. The second-order valence-corrected chi connectivity index (χ2v) is 14.3. The molecule has 0 spiro atoms. The molecule has 0 aliphatic carbocycles. The van der Waals surface area contributed by atoms with Crippen LogP contribution in [0, 0.1) is 0 Å². The van der Waals surface area contributed by atoms with Gasteiger partial charge in [-0.1, -0.05) is 24.3 Å². The molecule has 3 aromatic carbocycles. The van der Waals surface area contributed by atoms with Gasteiger partial charge in [0.15, 0.2) is 11.5 Å². The van der Waals surface area contributed by atoms with E-state index in [1.165, 1.54) is 5.56 Å². The van der Waals surface area contributed by atoms with Crippen LogP contribution < -0.4 is 14.8 Å². The number of halogens is 1. The van der Waals surface area contributed by atoms with Crippen molar-refractivity contribution in [2.45, 2.75) is 71.7 Å². The molecular formula is C34H42ClN2O6P. The molecule has 0 bridgehead atoms. The van der Waals surface area contributed by atoms with E-state index < -0.39 is 7.60 Å². The minimum absolute atomic E-state index is 0. The Kier molecular flexibility index (Phi) is 10.0. The molecule has 8 nitrogen and oxygen atoms in total. The summed E-state index contributed by atoms with van der Waals surface area (Å²) < 4.78 is 35.8. The SMILES string of the molecule is CCOP(=O)(Cc1ccc(C(=O)Nc2cccc(C3=NC(C)(C)Cc4cc(OC)c5c(c43)CC(C)(C)O5)c2)cc1)OCC.Cl. The van der Waals surface area contributed by atoms with E-state index in [1.807, 2.05) is 24.3 Å². The summed E-state index contributed by atoms with van der Waals surface area (Å²) in [6, 6.07) is 16.9. The summed E-state index contributed by atoms with van der Waals surface area (Å²) in [7, 11) is -1.55. The van der Waals surface area contributed by atoms with E-state index in [0.717, 1.165) is 52.3 Å². The first-order valence-electron chi connectivity index (χ1n) is 14.8. The minimum atomic E-state index is -3.23. The molecule has 236 valence electrons. The fourth-order valence-corrected chi connectivity index (χ4v) is 7.59. The highest BCUT2D eigenvalue weighted by Gasteiger charge is 2.39. The van der Waals surface area contributed by atoms with Crippen LogP contribution in [0.1, 0.15) is 79.7 Å². The predicted molar refractivity (Wildman–Crippen MR) is 177 cm³/mol. The summed E-state index contributed by atoms with van der Waals surface area (Å²) in [4.78, 5) is 18.4. The van der Waals surface area contributed by atoms with Crippen molar-refractivity contribution in [3.63, 3.8) is 0 Å². The van der Waals surface area contributed by atoms with Crippen LogP contribution in [-0.4, -0.2) is 43.1 Å². The molecule has 3 aromatic rings. The average Bonchev–Trinajstić information content (AvgIpc) is 3.27. The predicted octanol–water partition coefficient (Wildman–Crippen LogP) is 8.02. The maximum Gasteiger partial charge on any atom is 0.335 e. The molecule has 0 radical (unpaired) electrons. The molecule has 1 N–H and O–H groups in total. The van der Waals surface area contributed by atoms with Crippen LogP contribution in [0.15, 0.2) is 59.6 Å². The molecule has 10 heteroatoms. The van der Waals surface area contributed by atoms with E-state index in [4.69, 9.17) is 23.5 Å².